The minimum atomic E-state index is -0.290. The van der Waals surface area contributed by atoms with Crippen LogP contribution in [0.3, 0.4) is 0 Å². The Labute approximate surface area is 104 Å². The third-order valence-electron chi connectivity index (χ3n) is 3.18. The molecular formula is C12H18N4O2. The van der Waals surface area contributed by atoms with Crippen molar-refractivity contribution in [2.45, 2.75) is 39.8 Å². The Morgan fingerprint density at radius 3 is 2.61 bits per heavy atom. The third-order valence-corrected chi connectivity index (χ3v) is 3.18. The Bertz CT molecular complexity index is 678. The minimum Gasteiger partial charge on any atom is -0.325 e. The van der Waals surface area contributed by atoms with Crippen molar-refractivity contribution in [2.75, 3.05) is 0 Å². The maximum absolute atomic E-state index is 12.1. The zero-order chi connectivity index (χ0) is 13.3. The number of aromatic nitrogens is 4. The molecule has 0 saturated heterocycles. The largest absolute Gasteiger partial charge is 0.332 e. The smallest absolute Gasteiger partial charge is 0.325 e. The van der Waals surface area contributed by atoms with Gasteiger partial charge in [0.25, 0.3) is 5.56 Å². The molecule has 6 nitrogen and oxygen atoms in total. The fourth-order valence-electron chi connectivity index (χ4n) is 2.06. The lowest BCUT2D eigenvalue weighted by atomic mass is 10.3. The van der Waals surface area contributed by atoms with Crippen molar-refractivity contribution >= 4 is 11.2 Å². The first-order valence-corrected chi connectivity index (χ1v) is 6.26. The van der Waals surface area contributed by atoms with Gasteiger partial charge >= 0.3 is 5.69 Å². The summed E-state index contributed by atoms with van der Waals surface area (Å²) in [5, 5.41) is 0. The number of aryl methyl sites for hydroxylation is 2. The Morgan fingerprint density at radius 2 is 2.00 bits per heavy atom. The second kappa shape index (κ2) is 4.80. The normalized spacial score (nSPS) is 11.3. The van der Waals surface area contributed by atoms with Gasteiger partial charge in [-0.25, -0.2) is 9.78 Å². The maximum atomic E-state index is 12.1. The number of hydrogen-bond acceptors (Lipinski definition) is 3. The molecule has 0 aliphatic rings. The Kier molecular flexibility index (Phi) is 3.36. The summed E-state index contributed by atoms with van der Waals surface area (Å²) in [6.07, 6.45) is 3.51. The average molecular weight is 250 g/mol. The van der Waals surface area contributed by atoms with E-state index in [2.05, 4.69) is 11.9 Å². The van der Waals surface area contributed by atoms with Crippen LogP contribution < -0.4 is 11.2 Å². The van der Waals surface area contributed by atoms with Gasteiger partial charge in [-0.15, -0.1) is 0 Å². The zero-order valence-electron chi connectivity index (χ0n) is 11.0. The van der Waals surface area contributed by atoms with Gasteiger partial charge in [-0.1, -0.05) is 13.3 Å². The Morgan fingerprint density at radius 1 is 1.28 bits per heavy atom. The summed E-state index contributed by atoms with van der Waals surface area (Å²) in [4.78, 5) is 28.4. The number of imidazole rings is 1. The molecule has 0 aliphatic carbocycles. The molecule has 2 aromatic heterocycles. The predicted molar refractivity (Wildman–Crippen MR) is 69.8 cm³/mol. The molecule has 18 heavy (non-hydrogen) atoms. The van der Waals surface area contributed by atoms with Crippen molar-refractivity contribution in [3.63, 3.8) is 0 Å². The zero-order valence-corrected chi connectivity index (χ0v) is 11.0. The molecular weight excluding hydrogens is 232 g/mol. The number of unbranched alkanes of at least 4 members (excludes halogenated alkanes) is 1. The summed E-state index contributed by atoms with van der Waals surface area (Å²) < 4.78 is 4.53. The second-order valence-electron chi connectivity index (χ2n) is 4.35. The maximum Gasteiger partial charge on any atom is 0.332 e. The highest BCUT2D eigenvalue weighted by atomic mass is 16.2. The van der Waals surface area contributed by atoms with Crippen LogP contribution in [0.25, 0.3) is 11.2 Å². The van der Waals surface area contributed by atoms with E-state index < -0.39 is 0 Å². The van der Waals surface area contributed by atoms with Crippen LogP contribution in [0.1, 0.15) is 26.7 Å². The van der Waals surface area contributed by atoms with Crippen LogP contribution in [0.4, 0.5) is 0 Å². The van der Waals surface area contributed by atoms with Crippen molar-refractivity contribution in [2.24, 2.45) is 7.05 Å². The fourth-order valence-corrected chi connectivity index (χ4v) is 2.06. The highest BCUT2D eigenvalue weighted by Crippen LogP contribution is 2.07. The van der Waals surface area contributed by atoms with E-state index in [1.165, 1.54) is 7.05 Å². The number of hydrogen-bond donors (Lipinski definition) is 0. The highest BCUT2D eigenvalue weighted by Gasteiger charge is 2.14. The lowest BCUT2D eigenvalue weighted by Crippen LogP contribution is -2.38. The standard InChI is InChI=1S/C12H18N4O2/c1-4-6-7-16-10-9(15(5-2)8-13-10)11(17)14(3)12(16)18/h8H,4-7H2,1-3H3. The number of rotatable bonds is 4. The van der Waals surface area contributed by atoms with Gasteiger partial charge in [-0.2, -0.15) is 0 Å². The Hall–Kier alpha value is -1.85. The number of nitrogens with zero attached hydrogens (tertiary/aromatic N) is 4. The van der Waals surface area contributed by atoms with Crippen molar-refractivity contribution < 1.29 is 0 Å². The molecule has 0 radical (unpaired) electrons. The van der Waals surface area contributed by atoms with E-state index in [0.29, 0.717) is 24.3 Å². The molecule has 6 heteroatoms. The molecule has 0 bridgehead atoms. The fraction of sp³-hybridized carbons (Fsp3) is 0.583. The van der Waals surface area contributed by atoms with Crippen LogP contribution in [0.5, 0.6) is 0 Å². The first kappa shape index (κ1) is 12.6. The van der Waals surface area contributed by atoms with E-state index in [1.54, 1.807) is 15.5 Å². The molecule has 0 saturated carbocycles. The van der Waals surface area contributed by atoms with Crippen LogP contribution in [0, 0.1) is 0 Å². The summed E-state index contributed by atoms with van der Waals surface area (Å²) in [6.45, 7) is 5.27. The predicted octanol–water partition coefficient (Wildman–Crippen LogP) is 0.717. The minimum absolute atomic E-state index is 0.276. The molecule has 2 heterocycles. The quantitative estimate of drug-likeness (QED) is 0.803. The van der Waals surface area contributed by atoms with E-state index in [-0.39, 0.29) is 11.2 Å². The number of fused-ring (bicyclic) bond motifs is 1. The molecule has 0 amide bonds. The Balaban J connectivity index is 2.81. The summed E-state index contributed by atoms with van der Waals surface area (Å²) in [6, 6.07) is 0. The summed E-state index contributed by atoms with van der Waals surface area (Å²) in [5.74, 6) is 0. The summed E-state index contributed by atoms with van der Waals surface area (Å²) >= 11 is 0. The van der Waals surface area contributed by atoms with Crippen LogP contribution in [-0.4, -0.2) is 18.7 Å². The first-order valence-electron chi connectivity index (χ1n) is 6.26. The molecule has 0 unspecified atom stereocenters. The van der Waals surface area contributed by atoms with Crippen LogP contribution in [-0.2, 0) is 20.1 Å². The van der Waals surface area contributed by atoms with Crippen molar-refractivity contribution in [3.8, 4) is 0 Å². The lowest BCUT2D eigenvalue weighted by molar-refractivity contribution is 0.583. The average Bonchev–Trinajstić information content (AvgIpc) is 2.80. The first-order chi connectivity index (χ1) is 8.61. The van der Waals surface area contributed by atoms with Crippen LogP contribution in [0.15, 0.2) is 15.9 Å². The van der Waals surface area contributed by atoms with Gasteiger partial charge in [0.2, 0.25) is 0 Å². The van der Waals surface area contributed by atoms with Crippen molar-refractivity contribution in [1.29, 1.82) is 0 Å². The SMILES string of the molecule is CCCCn1c(=O)n(C)c(=O)c2c1ncn2CC. The second-order valence-corrected chi connectivity index (χ2v) is 4.35. The van der Waals surface area contributed by atoms with E-state index in [9.17, 15) is 9.59 Å². The monoisotopic (exact) mass is 250 g/mol. The van der Waals surface area contributed by atoms with E-state index >= 15 is 0 Å². The van der Waals surface area contributed by atoms with Crippen molar-refractivity contribution in [3.05, 3.63) is 27.2 Å². The van der Waals surface area contributed by atoms with Gasteiger partial charge in [0.05, 0.1) is 6.33 Å². The molecule has 0 spiro atoms. The molecule has 2 aromatic rings. The molecule has 0 fully saturated rings. The summed E-state index contributed by atoms with van der Waals surface area (Å²) in [5.41, 5.74) is 0.443. The summed E-state index contributed by atoms with van der Waals surface area (Å²) in [7, 11) is 1.51. The van der Waals surface area contributed by atoms with Crippen LogP contribution >= 0.6 is 0 Å². The van der Waals surface area contributed by atoms with E-state index in [0.717, 1.165) is 17.4 Å². The molecule has 98 valence electrons. The van der Waals surface area contributed by atoms with Gasteiger partial charge in [0.15, 0.2) is 11.2 Å². The molecule has 0 aliphatic heterocycles. The van der Waals surface area contributed by atoms with Crippen molar-refractivity contribution in [1.82, 2.24) is 18.7 Å². The highest BCUT2D eigenvalue weighted by molar-refractivity contribution is 5.70. The third kappa shape index (κ3) is 1.77. The van der Waals surface area contributed by atoms with Gasteiger partial charge in [-0.05, 0) is 13.3 Å². The van der Waals surface area contributed by atoms with Crippen LogP contribution in [0.2, 0.25) is 0 Å². The van der Waals surface area contributed by atoms with E-state index in [4.69, 9.17) is 0 Å². The van der Waals surface area contributed by atoms with Gasteiger partial charge in [0.1, 0.15) is 0 Å². The molecule has 2 rings (SSSR count). The topological polar surface area (TPSA) is 61.8 Å². The molecule has 0 N–H and O–H groups in total. The van der Waals surface area contributed by atoms with E-state index in [1.807, 2.05) is 6.92 Å². The van der Waals surface area contributed by atoms with Gasteiger partial charge < -0.3 is 4.57 Å². The van der Waals surface area contributed by atoms with Gasteiger partial charge in [-0.3, -0.25) is 13.9 Å². The molecule has 0 atom stereocenters. The lowest BCUT2D eigenvalue weighted by Gasteiger charge is -2.08. The molecule has 0 aromatic carbocycles. The van der Waals surface area contributed by atoms with Gasteiger partial charge in [0, 0.05) is 20.1 Å².